The fourth-order valence-electron chi connectivity index (χ4n) is 5.54. The second-order valence-electron chi connectivity index (χ2n) is 11.3. The first-order chi connectivity index (χ1) is 18.8. The van der Waals surface area contributed by atoms with E-state index in [1.807, 2.05) is 12.1 Å². The molecular weight excluding hydrogens is 537 g/mol. The quantitative estimate of drug-likeness (QED) is 0.373. The summed E-state index contributed by atoms with van der Waals surface area (Å²) in [5.41, 5.74) is 1.47. The van der Waals surface area contributed by atoms with Crippen LogP contribution in [-0.4, -0.2) is 82.0 Å². The summed E-state index contributed by atoms with van der Waals surface area (Å²) >= 11 is 0. The largest absolute Gasteiger partial charge is 0.387 e. The second-order valence-corrected chi connectivity index (χ2v) is 13.3. The molecule has 3 aromatic heterocycles. The lowest BCUT2D eigenvalue weighted by Gasteiger charge is -2.23. The van der Waals surface area contributed by atoms with Gasteiger partial charge in [0.15, 0.2) is 0 Å². The van der Waals surface area contributed by atoms with Crippen molar-refractivity contribution in [2.45, 2.75) is 44.5 Å². The predicted molar refractivity (Wildman–Crippen MR) is 147 cm³/mol. The molecule has 2 aliphatic rings. The van der Waals surface area contributed by atoms with Crippen molar-refractivity contribution in [3.05, 3.63) is 47.8 Å². The van der Waals surface area contributed by atoms with Gasteiger partial charge in [-0.15, -0.1) is 0 Å². The van der Waals surface area contributed by atoms with Crippen molar-refractivity contribution in [3.8, 4) is 17.5 Å². The number of sulfonamides is 1. The van der Waals surface area contributed by atoms with Crippen molar-refractivity contribution < 1.29 is 22.7 Å². The third-order valence-electron chi connectivity index (χ3n) is 7.80. The first kappa shape index (κ1) is 27.9. The molecule has 0 unspecified atom stereocenters. The van der Waals surface area contributed by atoms with Crippen molar-refractivity contribution in [2.75, 3.05) is 31.2 Å². The number of carbonyl (C=O) groups is 1. The Labute approximate surface area is 232 Å². The Morgan fingerprint density at radius 1 is 1.25 bits per heavy atom. The van der Waals surface area contributed by atoms with E-state index in [9.17, 15) is 28.0 Å². The Hall–Kier alpha value is -3.60. The van der Waals surface area contributed by atoms with Crippen LogP contribution in [0, 0.1) is 23.2 Å². The second kappa shape index (κ2) is 10.4. The van der Waals surface area contributed by atoms with Gasteiger partial charge in [0, 0.05) is 25.3 Å². The van der Waals surface area contributed by atoms with E-state index >= 15 is 0 Å². The van der Waals surface area contributed by atoms with Crippen LogP contribution < -0.4 is 10.6 Å². The molecule has 0 spiro atoms. The van der Waals surface area contributed by atoms with Gasteiger partial charge in [-0.25, -0.2) is 21.6 Å². The van der Waals surface area contributed by atoms with Gasteiger partial charge >= 0.3 is 0 Å². The fourth-order valence-corrected chi connectivity index (χ4v) is 6.47. The minimum absolute atomic E-state index is 0.00387. The van der Waals surface area contributed by atoms with Gasteiger partial charge in [0.05, 0.1) is 58.3 Å². The number of hydrogen-bond donors (Lipinski definition) is 3. The van der Waals surface area contributed by atoms with Gasteiger partial charge in [-0.2, -0.15) is 10.4 Å². The highest BCUT2D eigenvalue weighted by Gasteiger charge is 2.43. The highest BCUT2D eigenvalue weighted by atomic mass is 32.2. The predicted octanol–water partition coefficient (Wildman–Crippen LogP) is 2.19. The maximum atomic E-state index is 14.3. The summed E-state index contributed by atoms with van der Waals surface area (Å²) in [4.78, 5) is 17.6. The van der Waals surface area contributed by atoms with Gasteiger partial charge in [0.25, 0.3) is 5.91 Å². The van der Waals surface area contributed by atoms with Crippen LogP contribution in [0.1, 0.15) is 42.6 Å². The molecule has 3 N–H and O–H groups in total. The number of anilines is 1. The molecule has 1 amide bonds. The molecule has 11 nitrogen and oxygen atoms in total. The molecule has 212 valence electrons. The molecule has 40 heavy (non-hydrogen) atoms. The summed E-state index contributed by atoms with van der Waals surface area (Å²) in [6.45, 7) is 3.28. The summed E-state index contributed by atoms with van der Waals surface area (Å²) in [5, 5.41) is 29.5. The number of aromatic nitrogens is 3. The number of pyridine rings is 1. The van der Waals surface area contributed by atoms with E-state index in [0.29, 0.717) is 41.2 Å². The van der Waals surface area contributed by atoms with E-state index in [-0.39, 0.29) is 30.0 Å². The minimum Gasteiger partial charge on any atom is -0.387 e. The van der Waals surface area contributed by atoms with Crippen LogP contribution in [0.5, 0.6) is 0 Å². The number of nitriles is 1. The zero-order valence-corrected chi connectivity index (χ0v) is 23.3. The van der Waals surface area contributed by atoms with Crippen LogP contribution in [-0.2, 0) is 10.0 Å². The molecule has 1 saturated carbocycles. The zero-order valence-electron chi connectivity index (χ0n) is 22.5. The molecule has 13 heteroatoms. The van der Waals surface area contributed by atoms with Gasteiger partial charge in [-0.05, 0) is 62.8 Å². The normalized spacial score (nSPS) is 22.1. The van der Waals surface area contributed by atoms with E-state index in [1.165, 1.54) is 36.8 Å². The van der Waals surface area contributed by atoms with Gasteiger partial charge in [0.1, 0.15) is 12.2 Å². The Bertz CT molecular complexity index is 1580. The third-order valence-corrected chi connectivity index (χ3v) is 9.03. The molecule has 2 fully saturated rings. The molecule has 0 radical (unpaired) electrons. The van der Waals surface area contributed by atoms with Crippen molar-refractivity contribution >= 4 is 27.1 Å². The molecule has 1 aliphatic heterocycles. The highest BCUT2D eigenvalue weighted by Crippen LogP contribution is 2.40. The first-order valence-corrected chi connectivity index (χ1v) is 14.9. The van der Waals surface area contributed by atoms with E-state index in [4.69, 9.17) is 0 Å². The number of nitrogens with zero attached hydrogens (tertiary/aromatic N) is 5. The summed E-state index contributed by atoms with van der Waals surface area (Å²) in [6.07, 6.45) is 3.94. The minimum atomic E-state index is -3.24. The van der Waals surface area contributed by atoms with Crippen LogP contribution in [0.15, 0.2) is 36.7 Å². The Morgan fingerprint density at radius 2 is 1.95 bits per heavy atom. The topological polar surface area (TPSA) is 153 Å². The SMILES string of the molecule is CC(C)(O)[C@H](F)CNC(=O)c1cnc(-c2ccc3cc(C#N)cnn23)cc1N[C@@H]1C[C@@H]2CN(S(C)(=O)=O)C[C@@H]2C1. The average molecular weight is 570 g/mol. The number of nitrogens with one attached hydrogen (secondary N) is 2. The molecule has 1 saturated heterocycles. The standard InChI is InChI=1S/C27H32FN7O4S/c1-27(2,37)25(28)13-31-26(36)21-12-30-23(24-5-4-20-6-16(10-29)11-32-35(20)24)9-22(21)33-19-7-17-14-34(40(3,38)39)15-18(17)8-19/h4-6,9,11-12,17-19,25,37H,7-8,13-15H2,1-3H3,(H,30,33)(H,31,36)/t17-,18+,19-,25-/m1/s1. The molecule has 0 aromatic carbocycles. The van der Waals surface area contributed by atoms with Gasteiger partial charge in [0.2, 0.25) is 10.0 Å². The lowest BCUT2D eigenvalue weighted by Crippen LogP contribution is -2.42. The number of rotatable bonds is 8. The van der Waals surface area contributed by atoms with Gasteiger partial charge in [-0.3, -0.25) is 9.78 Å². The number of fused-ring (bicyclic) bond motifs is 2. The Balaban J connectivity index is 1.42. The zero-order chi connectivity index (χ0) is 28.8. The maximum absolute atomic E-state index is 14.3. The fraction of sp³-hybridized carbons (Fsp3) is 0.481. The lowest BCUT2D eigenvalue weighted by atomic mass is 10.0. The van der Waals surface area contributed by atoms with Crippen LogP contribution in [0.3, 0.4) is 0 Å². The van der Waals surface area contributed by atoms with Crippen molar-refractivity contribution in [1.82, 2.24) is 24.2 Å². The molecule has 1 aliphatic carbocycles. The molecule has 4 heterocycles. The van der Waals surface area contributed by atoms with E-state index in [1.54, 1.807) is 16.6 Å². The molecule has 3 aromatic rings. The summed E-state index contributed by atoms with van der Waals surface area (Å²) in [6, 6.07) is 9.18. The van der Waals surface area contributed by atoms with Crippen LogP contribution in [0.4, 0.5) is 10.1 Å². The van der Waals surface area contributed by atoms with Crippen molar-refractivity contribution in [3.63, 3.8) is 0 Å². The van der Waals surface area contributed by atoms with E-state index in [2.05, 4.69) is 26.8 Å². The summed E-state index contributed by atoms with van der Waals surface area (Å²) < 4.78 is 41.5. The van der Waals surface area contributed by atoms with Crippen LogP contribution >= 0.6 is 0 Å². The van der Waals surface area contributed by atoms with E-state index in [0.717, 1.165) is 12.8 Å². The van der Waals surface area contributed by atoms with Crippen molar-refractivity contribution in [1.29, 1.82) is 5.26 Å². The third kappa shape index (κ3) is 5.65. The molecule has 0 bridgehead atoms. The summed E-state index contributed by atoms with van der Waals surface area (Å²) in [7, 11) is -3.24. The van der Waals surface area contributed by atoms with Gasteiger partial charge < -0.3 is 15.7 Å². The molecular formula is C27H32FN7O4S. The number of carbonyl (C=O) groups excluding carboxylic acids is 1. The van der Waals surface area contributed by atoms with Crippen LogP contribution in [0.25, 0.3) is 16.9 Å². The maximum Gasteiger partial charge on any atom is 0.255 e. The summed E-state index contributed by atoms with van der Waals surface area (Å²) in [5.74, 6) is -0.0947. The number of alkyl halides is 1. The van der Waals surface area contributed by atoms with E-state index < -0.39 is 27.7 Å². The number of aliphatic hydroxyl groups is 1. The first-order valence-electron chi connectivity index (χ1n) is 13.1. The number of hydrogen-bond acceptors (Lipinski definition) is 8. The molecule has 4 atom stereocenters. The lowest BCUT2D eigenvalue weighted by molar-refractivity contribution is -0.00177. The Kier molecular flexibility index (Phi) is 7.28. The smallest absolute Gasteiger partial charge is 0.255 e. The monoisotopic (exact) mass is 569 g/mol. The number of amides is 1. The van der Waals surface area contributed by atoms with Crippen molar-refractivity contribution in [2.24, 2.45) is 11.8 Å². The van der Waals surface area contributed by atoms with Crippen LogP contribution in [0.2, 0.25) is 0 Å². The van der Waals surface area contributed by atoms with Gasteiger partial charge in [-0.1, -0.05) is 0 Å². The molecule has 5 rings (SSSR count). The highest BCUT2D eigenvalue weighted by molar-refractivity contribution is 7.88. The Morgan fingerprint density at radius 3 is 2.58 bits per heavy atom. The number of halogens is 1. The average Bonchev–Trinajstić information content (AvgIpc) is 3.59.